The fourth-order valence-electron chi connectivity index (χ4n) is 2.67. The first-order valence-electron chi connectivity index (χ1n) is 7.87. The maximum atomic E-state index is 12.9. The average molecular weight is 361 g/mol. The van der Waals surface area contributed by atoms with Crippen LogP contribution in [0.15, 0.2) is 48.5 Å². The number of rotatable bonds is 7. The Morgan fingerprint density at radius 3 is 2.20 bits per heavy atom. The third-order valence-corrected chi connectivity index (χ3v) is 4.08. The Hall–Kier alpha value is -2.17. The van der Waals surface area contributed by atoms with E-state index >= 15 is 0 Å². The van der Waals surface area contributed by atoms with Crippen molar-refractivity contribution in [2.75, 3.05) is 21.2 Å². The summed E-state index contributed by atoms with van der Waals surface area (Å²) in [5.41, 5.74) is 2.15. The number of halogens is 1. The molecule has 0 amide bonds. The van der Waals surface area contributed by atoms with E-state index in [0.29, 0.717) is 23.3 Å². The van der Waals surface area contributed by atoms with Gasteiger partial charge in [0.1, 0.15) is 5.75 Å². The molecule has 0 saturated heterocycles. The standard InChI is InChI=1S/C20H23NO3.ClH/c1-14(22)16-10-11-19(24-4)17(12-16)13-18(21(2)3)20(23)15-8-6-5-7-9-15;/h5-12,18H,13H2,1-4H3;1H/p-1. The predicted octanol–water partition coefficient (Wildman–Crippen LogP) is 0.257. The summed E-state index contributed by atoms with van der Waals surface area (Å²) < 4.78 is 5.41. The molecule has 134 valence electrons. The first-order chi connectivity index (χ1) is 11.4. The maximum absolute atomic E-state index is 12.9. The Kier molecular flexibility index (Phi) is 7.81. The van der Waals surface area contributed by atoms with E-state index in [1.54, 1.807) is 19.2 Å². The molecule has 2 aromatic rings. The summed E-state index contributed by atoms with van der Waals surface area (Å²) in [6, 6.07) is 14.3. The molecule has 1 unspecified atom stereocenters. The molecule has 0 heterocycles. The Morgan fingerprint density at radius 2 is 1.68 bits per heavy atom. The van der Waals surface area contributed by atoms with Crippen LogP contribution in [0.4, 0.5) is 0 Å². The number of carbonyl (C=O) groups is 2. The number of benzene rings is 2. The van der Waals surface area contributed by atoms with E-state index in [0.717, 1.165) is 5.56 Å². The van der Waals surface area contributed by atoms with Gasteiger partial charge in [-0.15, -0.1) is 0 Å². The molecule has 25 heavy (non-hydrogen) atoms. The van der Waals surface area contributed by atoms with E-state index in [4.69, 9.17) is 4.74 Å². The molecule has 2 rings (SSSR count). The summed E-state index contributed by atoms with van der Waals surface area (Å²) in [5, 5.41) is 0. The van der Waals surface area contributed by atoms with Crippen LogP contribution in [0.2, 0.25) is 0 Å². The lowest BCUT2D eigenvalue weighted by Gasteiger charge is -2.24. The molecule has 0 N–H and O–H groups in total. The highest BCUT2D eigenvalue weighted by atomic mass is 35.5. The Balaban J connectivity index is 0.00000312. The average Bonchev–Trinajstić information content (AvgIpc) is 2.59. The summed E-state index contributed by atoms with van der Waals surface area (Å²) in [7, 11) is 5.36. The normalized spacial score (nSPS) is 11.6. The van der Waals surface area contributed by atoms with Gasteiger partial charge in [-0.25, -0.2) is 0 Å². The van der Waals surface area contributed by atoms with Gasteiger partial charge in [0.25, 0.3) is 0 Å². The van der Waals surface area contributed by atoms with Crippen molar-refractivity contribution in [2.24, 2.45) is 0 Å². The fourth-order valence-corrected chi connectivity index (χ4v) is 2.67. The topological polar surface area (TPSA) is 46.6 Å². The Labute approximate surface area is 155 Å². The molecule has 0 aliphatic heterocycles. The lowest BCUT2D eigenvalue weighted by atomic mass is 9.95. The Morgan fingerprint density at radius 1 is 1.04 bits per heavy atom. The molecule has 0 saturated carbocycles. The van der Waals surface area contributed by atoms with Crippen molar-refractivity contribution in [1.29, 1.82) is 0 Å². The molecular formula is C20H23ClNO3-. The van der Waals surface area contributed by atoms with Crippen molar-refractivity contribution in [3.05, 3.63) is 65.2 Å². The molecule has 0 radical (unpaired) electrons. The van der Waals surface area contributed by atoms with Crippen LogP contribution in [0.3, 0.4) is 0 Å². The number of likely N-dealkylation sites (N-methyl/N-ethyl adjacent to an activating group) is 1. The fraction of sp³-hybridized carbons (Fsp3) is 0.300. The smallest absolute Gasteiger partial charge is 0.180 e. The molecular weight excluding hydrogens is 338 g/mol. The van der Waals surface area contributed by atoms with Crippen molar-refractivity contribution in [1.82, 2.24) is 4.90 Å². The lowest BCUT2D eigenvalue weighted by molar-refractivity contribution is -0.0000215. The summed E-state index contributed by atoms with van der Waals surface area (Å²) in [4.78, 5) is 26.4. The summed E-state index contributed by atoms with van der Waals surface area (Å²) in [6.45, 7) is 1.53. The largest absolute Gasteiger partial charge is 1.00 e. The first kappa shape index (κ1) is 20.9. The number of ketones is 2. The number of nitrogens with zero attached hydrogens (tertiary/aromatic N) is 1. The van der Waals surface area contributed by atoms with Crippen LogP contribution in [0.1, 0.15) is 33.2 Å². The zero-order chi connectivity index (χ0) is 17.7. The number of methoxy groups -OCH3 is 1. The van der Waals surface area contributed by atoms with Crippen LogP contribution in [-0.2, 0) is 6.42 Å². The molecule has 0 spiro atoms. The minimum atomic E-state index is -0.330. The van der Waals surface area contributed by atoms with Crippen molar-refractivity contribution in [3.63, 3.8) is 0 Å². The zero-order valence-electron chi connectivity index (χ0n) is 15.0. The lowest BCUT2D eigenvalue weighted by Crippen LogP contribution is -3.00. The van der Waals surface area contributed by atoms with Crippen LogP contribution < -0.4 is 17.1 Å². The first-order valence-corrected chi connectivity index (χ1v) is 7.87. The van der Waals surface area contributed by atoms with Gasteiger partial charge in [0.05, 0.1) is 13.2 Å². The molecule has 1 atom stereocenters. The summed E-state index contributed by atoms with van der Waals surface area (Å²) in [5.74, 6) is 0.735. The van der Waals surface area contributed by atoms with E-state index in [1.165, 1.54) is 6.92 Å². The number of ether oxygens (including phenoxy) is 1. The van der Waals surface area contributed by atoms with E-state index in [1.807, 2.05) is 55.4 Å². The molecule has 5 heteroatoms. The highest BCUT2D eigenvalue weighted by Crippen LogP contribution is 2.24. The quantitative estimate of drug-likeness (QED) is 0.664. The van der Waals surface area contributed by atoms with E-state index < -0.39 is 0 Å². The van der Waals surface area contributed by atoms with E-state index in [9.17, 15) is 9.59 Å². The number of Topliss-reactive ketones (excluding diaryl/α,β-unsaturated/α-hetero) is 2. The van der Waals surface area contributed by atoms with Crippen LogP contribution in [0.25, 0.3) is 0 Å². The zero-order valence-corrected chi connectivity index (χ0v) is 15.7. The van der Waals surface area contributed by atoms with Crippen LogP contribution in [0.5, 0.6) is 5.75 Å². The van der Waals surface area contributed by atoms with Crippen molar-refractivity contribution in [2.45, 2.75) is 19.4 Å². The number of hydrogen-bond acceptors (Lipinski definition) is 4. The van der Waals surface area contributed by atoms with E-state index in [2.05, 4.69) is 0 Å². The Bertz CT molecular complexity index is 729. The third-order valence-electron chi connectivity index (χ3n) is 4.08. The van der Waals surface area contributed by atoms with Gasteiger partial charge >= 0.3 is 0 Å². The highest BCUT2D eigenvalue weighted by molar-refractivity contribution is 6.00. The van der Waals surface area contributed by atoms with Crippen LogP contribution in [-0.4, -0.2) is 43.7 Å². The van der Waals surface area contributed by atoms with E-state index in [-0.39, 0.29) is 30.0 Å². The van der Waals surface area contributed by atoms with Gasteiger partial charge in [-0.05, 0) is 51.2 Å². The van der Waals surface area contributed by atoms with Crippen LogP contribution in [0, 0.1) is 0 Å². The van der Waals surface area contributed by atoms with Gasteiger partial charge in [0, 0.05) is 11.1 Å². The third kappa shape index (κ3) is 5.15. The van der Waals surface area contributed by atoms with Gasteiger partial charge in [-0.3, -0.25) is 14.5 Å². The highest BCUT2D eigenvalue weighted by Gasteiger charge is 2.24. The summed E-state index contributed by atoms with van der Waals surface area (Å²) in [6.07, 6.45) is 0.477. The molecule has 0 aliphatic rings. The minimum Gasteiger partial charge on any atom is -1.00 e. The molecule has 0 aromatic heterocycles. The predicted molar refractivity (Wildman–Crippen MR) is 95.0 cm³/mol. The van der Waals surface area contributed by atoms with Crippen molar-refractivity contribution in [3.8, 4) is 5.75 Å². The second-order valence-corrected chi connectivity index (χ2v) is 6.00. The van der Waals surface area contributed by atoms with Gasteiger partial charge in [0.15, 0.2) is 11.6 Å². The van der Waals surface area contributed by atoms with Gasteiger partial charge < -0.3 is 17.1 Å². The van der Waals surface area contributed by atoms with Crippen molar-refractivity contribution >= 4 is 11.6 Å². The van der Waals surface area contributed by atoms with Crippen LogP contribution >= 0.6 is 0 Å². The molecule has 2 aromatic carbocycles. The number of carbonyl (C=O) groups excluding carboxylic acids is 2. The molecule has 0 aliphatic carbocycles. The molecule has 0 fully saturated rings. The monoisotopic (exact) mass is 360 g/mol. The van der Waals surface area contributed by atoms with Gasteiger partial charge in [0.2, 0.25) is 0 Å². The molecule has 0 bridgehead atoms. The van der Waals surface area contributed by atoms with Gasteiger partial charge in [-0.1, -0.05) is 30.3 Å². The second-order valence-electron chi connectivity index (χ2n) is 6.00. The minimum absolute atomic E-state index is 0. The summed E-state index contributed by atoms with van der Waals surface area (Å²) >= 11 is 0. The van der Waals surface area contributed by atoms with Gasteiger partial charge in [-0.2, -0.15) is 0 Å². The molecule has 4 nitrogen and oxygen atoms in total. The van der Waals surface area contributed by atoms with Crippen molar-refractivity contribution < 1.29 is 26.7 Å². The number of hydrogen-bond donors (Lipinski definition) is 0. The second kappa shape index (κ2) is 9.35. The maximum Gasteiger partial charge on any atom is 0.180 e. The SMILES string of the molecule is COc1ccc(C(C)=O)cc1CC(C(=O)c1ccccc1)N(C)C.[Cl-].